The highest BCUT2D eigenvalue weighted by molar-refractivity contribution is 9.10. The number of nitrogens with zero attached hydrogens (tertiary/aromatic N) is 2. The zero-order chi connectivity index (χ0) is 14.2. The van der Waals surface area contributed by atoms with Crippen molar-refractivity contribution >= 4 is 27.6 Å². The zero-order valence-corrected chi connectivity index (χ0v) is 13.6. The summed E-state index contributed by atoms with van der Waals surface area (Å²) in [6.07, 6.45) is 6.26. The Balaban J connectivity index is 1.92. The van der Waals surface area contributed by atoms with Gasteiger partial charge >= 0.3 is 0 Å². The number of aliphatic imine (C=N–C) groups is 1. The van der Waals surface area contributed by atoms with Gasteiger partial charge in [0.15, 0.2) is 5.96 Å². The van der Waals surface area contributed by atoms with E-state index in [1.807, 2.05) is 6.07 Å². The van der Waals surface area contributed by atoms with Crippen molar-refractivity contribution in [3.63, 3.8) is 0 Å². The van der Waals surface area contributed by atoms with E-state index in [-0.39, 0.29) is 5.54 Å². The minimum absolute atomic E-state index is 0.111. The lowest BCUT2D eigenvalue weighted by Crippen LogP contribution is -2.54. The van der Waals surface area contributed by atoms with Crippen molar-refractivity contribution in [3.05, 3.63) is 28.7 Å². The highest BCUT2D eigenvalue weighted by atomic mass is 79.9. The zero-order valence-electron chi connectivity index (χ0n) is 12.0. The molecule has 2 aliphatic rings. The van der Waals surface area contributed by atoms with E-state index in [9.17, 15) is 0 Å². The Morgan fingerprint density at radius 3 is 2.70 bits per heavy atom. The summed E-state index contributed by atoms with van der Waals surface area (Å²) < 4.78 is 1.09. The molecule has 1 spiro atoms. The van der Waals surface area contributed by atoms with Gasteiger partial charge in [0.25, 0.3) is 0 Å². The van der Waals surface area contributed by atoms with Crippen LogP contribution >= 0.6 is 15.9 Å². The van der Waals surface area contributed by atoms with E-state index in [1.165, 1.54) is 32.1 Å². The third-order valence-corrected chi connectivity index (χ3v) is 5.62. The number of hydrogen-bond acceptors (Lipinski definition) is 3. The van der Waals surface area contributed by atoms with E-state index in [4.69, 9.17) is 5.73 Å². The number of rotatable bonds is 2. The van der Waals surface area contributed by atoms with E-state index in [0.717, 1.165) is 22.6 Å². The van der Waals surface area contributed by atoms with Crippen molar-refractivity contribution in [1.29, 1.82) is 0 Å². The predicted molar refractivity (Wildman–Crippen MR) is 88.1 cm³/mol. The van der Waals surface area contributed by atoms with Gasteiger partial charge in [-0.25, -0.2) is 0 Å². The molecule has 108 valence electrons. The van der Waals surface area contributed by atoms with Gasteiger partial charge in [-0.05, 0) is 59.7 Å². The lowest BCUT2D eigenvalue weighted by molar-refractivity contribution is 0.244. The van der Waals surface area contributed by atoms with Crippen molar-refractivity contribution in [2.24, 2.45) is 16.6 Å². The molecule has 0 saturated heterocycles. The Hall–Kier alpha value is -1.03. The minimum Gasteiger partial charge on any atom is -0.369 e. The molecule has 3 nitrogen and oxygen atoms in total. The molecule has 0 aromatic heterocycles. The van der Waals surface area contributed by atoms with Crippen LogP contribution in [0.25, 0.3) is 0 Å². The highest BCUT2D eigenvalue weighted by Crippen LogP contribution is 2.44. The Bertz CT molecular complexity index is 518. The van der Waals surface area contributed by atoms with Crippen LogP contribution in [0.1, 0.15) is 39.0 Å². The first kappa shape index (κ1) is 13.9. The number of halogens is 1. The normalized spacial score (nSPS) is 29.8. The molecule has 1 aliphatic heterocycles. The fourth-order valence-corrected chi connectivity index (χ4v) is 4.09. The molecule has 1 aromatic carbocycles. The lowest BCUT2D eigenvalue weighted by Gasteiger charge is -2.44. The predicted octanol–water partition coefficient (Wildman–Crippen LogP) is 3.92. The molecule has 0 unspecified atom stereocenters. The second kappa shape index (κ2) is 5.40. The van der Waals surface area contributed by atoms with Crippen LogP contribution in [0.3, 0.4) is 0 Å². The Morgan fingerprint density at radius 2 is 2.05 bits per heavy atom. The van der Waals surface area contributed by atoms with Gasteiger partial charge < -0.3 is 10.6 Å². The maximum atomic E-state index is 6.21. The van der Waals surface area contributed by atoms with Crippen LogP contribution in [0.15, 0.2) is 33.7 Å². The number of benzene rings is 1. The standard InChI is InChI=1S/C16H22BrN3/c1-2-12-7-9-16(10-8-12)11-19-15(18)20(16)14-6-4-3-5-13(14)17/h3-6,12H,2,7-11H2,1H3,(H2,18,19). The van der Waals surface area contributed by atoms with Crippen molar-refractivity contribution in [2.75, 3.05) is 11.4 Å². The number of anilines is 1. The third-order valence-electron chi connectivity index (χ3n) is 4.95. The molecule has 1 aromatic rings. The summed E-state index contributed by atoms with van der Waals surface area (Å²) in [5.74, 6) is 1.55. The summed E-state index contributed by atoms with van der Waals surface area (Å²) in [4.78, 5) is 6.84. The average molecular weight is 336 g/mol. The number of nitrogens with two attached hydrogens (primary N) is 1. The van der Waals surface area contributed by atoms with Crippen LogP contribution in [0.2, 0.25) is 0 Å². The van der Waals surface area contributed by atoms with Gasteiger partial charge in [0, 0.05) is 4.47 Å². The first-order valence-electron chi connectivity index (χ1n) is 7.51. The Morgan fingerprint density at radius 1 is 1.35 bits per heavy atom. The molecule has 1 aliphatic carbocycles. The van der Waals surface area contributed by atoms with E-state index in [2.05, 4.69) is 50.9 Å². The lowest BCUT2D eigenvalue weighted by atomic mass is 9.75. The van der Waals surface area contributed by atoms with E-state index in [1.54, 1.807) is 0 Å². The van der Waals surface area contributed by atoms with Crippen LogP contribution in [0.4, 0.5) is 5.69 Å². The molecule has 4 heteroatoms. The summed E-state index contributed by atoms with van der Waals surface area (Å²) in [5, 5.41) is 0. The molecule has 0 atom stereocenters. The van der Waals surface area contributed by atoms with Crippen molar-refractivity contribution in [2.45, 2.75) is 44.6 Å². The molecule has 1 fully saturated rings. The monoisotopic (exact) mass is 335 g/mol. The summed E-state index contributed by atoms with van der Waals surface area (Å²) in [7, 11) is 0. The topological polar surface area (TPSA) is 41.6 Å². The SMILES string of the molecule is CCC1CCC2(CC1)CN=C(N)N2c1ccccc1Br. The van der Waals surface area contributed by atoms with Gasteiger partial charge in [0.2, 0.25) is 0 Å². The fraction of sp³-hybridized carbons (Fsp3) is 0.562. The summed E-state index contributed by atoms with van der Waals surface area (Å²) >= 11 is 3.66. The number of hydrogen-bond donors (Lipinski definition) is 1. The average Bonchev–Trinajstić information content (AvgIpc) is 2.78. The molecule has 1 heterocycles. The fourth-order valence-electron chi connectivity index (χ4n) is 3.63. The van der Waals surface area contributed by atoms with Gasteiger partial charge in [0.1, 0.15) is 0 Å². The van der Waals surface area contributed by atoms with Gasteiger partial charge in [-0.1, -0.05) is 25.5 Å². The molecule has 1 saturated carbocycles. The van der Waals surface area contributed by atoms with Gasteiger partial charge in [-0.2, -0.15) is 0 Å². The molecular formula is C16H22BrN3. The van der Waals surface area contributed by atoms with Crippen molar-refractivity contribution in [3.8, 4) is 0 Å². The molecule has 2 N–H and O–H groups in total. The number of para-hydroxylation sites is 1. The second-order valence-electron chi connectivity index (χ2n) is 6.04. The van der Waals surface area contributed by atoms with E-state index >= 15 is 0 Å². The molecule has 0 bridgehead atoms. The first-order chi connectivity index (χ1) is 9.66. The molecular weight excluding hydrogens is 314 g/mol. The summed E-state index contributed by atoms with van der Waals surface area (Å²) in [6.45, 7) is 3.14. The molecule has 3 rings (SSSR count). The van der Waals surface area contributed by atoms with Crippen LogP contribution < -0.4 is 10.6 Å². The maximum absolute atomic E-state index is 6.21. The van der Waals surface area contributed by atoms with Crippen LogP contribution in [0.5, 0.6) is 0 Å². The quantitative estimate of drug-likeness (QED) is 0.889. The Kier molecular flexibility index (Phi) is 3.76. The summed E-state index contributed by atoms with van der Waals surface area (Å²) in [6, 6.07) is 8.31. The first-order valence-corrected chi connectivity index (χ1v) is 8.30. The van der Waals surface area contributed by atoms with Gasteiger partial charge in [-0.3, -0.25) is 4.99 Å². The minimum atomic E-state index is 0.111. The van der Waals surface area contributed by atoms with Gasteiger partial charge in [-0.15, -0.1) is 0 Å². The van der Waals surface area contributed by atoms with Crippen LogP contribution in [-0.4, -0.2) is 18.0 Å². The molecule has 0 radical (unpaired) electrons. The maximum Gasteiger partial charge on any atom is 0.196 e. The molecule has 20 heavy (non-hydrogen) atoms. The Labute approximate surface area is 129 Å². The van der Waals surface area contributed by atoms with Gasteiger partial charge in [0.05, 0.1) is 17.8 Å². The largest absolute Gasteiger partial charge is 0.369 e. The van der Waals surface area contributed by atoms with Crippen molar-refractivity contribution < 1.29 is 0 Å². The smallest absolute Gasteiger partial charge is 0.196 e. The number of guanidine groups is 1. The summed E-state index contributed by atoms with van der Waals surface area (Å²) in [5.41, 5.74) is 7.47. The molecule has 0 amide bonds. The second-order valence-corrected chi connectivity index (χ2v) is 6.89. The highest BCUT2D eigenvalue weighted by Gasteiger charge is 2.45. The third kappa shape index (κ3) is 2.24. The van der Waals surface area contributed by atoms with E-state index < -0.39 is 0 Å². The van der Waals surface area contributed by atoms with E-state index in [0.29, 0.717) is 5.96 Å². The van der Waals surface area contributed by atoms with Crippen molar-refractivity contribution in [1.82, 2.24) is 0 Å². The van der Waals surface area contributed by atoms with Crippen LogP contribution in [0, 0.1) is 5.92 Å². The van der Waals surface area contributed by atoms with Crippen LogP contribution in [-0.2, 0) is 0 Å².